The van der Waals surface area contributed by atoms with Gasteiger partial charge in [-0.3, -0.25) is 4.79 Å². The zero-order valence-corrected chi connectivity index (χ0v) is 9.66. The van der Waals surface area contributed by atoms with Crippen LogP contribution in [0.15, 0.2) is 11.6 Å². The molecule has 0 radical (unpaired) electrons. The Hall–Kier alpha value is -1.76. The molecule has 0 aromatic carbocycles. The third-order valence-electron chi connectivity index (χ3n) is 1.69. The van der Waals surface area contributed by atoms with Crippen molar-refractivity contribution in [2.24, 2.45) is 0 Å². The number of halogens is 1. The van der Waals surface area contributed by atoms with Crippen LogP contribution in [0.3, 0.4) is 0 Å². The van der Waals surface area contributed by atoms with E-state index in [1.54, 1.807) is 0 Å². The molecule has 0 fully saturated rings. The lowest BCUT2D eigenvalue weighted by molar-refractivity contribution is -0.140. The van der Waals surface area contributed by atoms with Crippen LogP contribution in [0.4, 0.5) is 4.79 Å². The predicted octanol–water partition coefficient (Wildman–Crippen LogP) is 0.356. The summed E-state index contributed by atoms with van der Waals surface area (Å²) in [5.41, 5.74) is 0. The number of carbonyl (C=O) groups is 3. The number of urea groups is 1. The molecule has 0 rings (SSSR count). The van der Waals surface area contributed by atoms with Crippen molar-refractivity contribution in [3.8, 4) is 0 Å². The molecular formula is C9H13ClN2O5. The fourth-order valence-electron chi connectivity index (χ4n) is 0.911. The molecule has 0 spiro atoms. The van der Waals surface area contributed by atoms with Crippen molar-refractivity contribution in [3.05, 3.63) is 11.6 Å². The monoisotopic (exact) mass is 264 g/mol. The molecule has 0 saturated carbocycles. The van der Waals surface area contributed by atoms with Crippen molar-refractivity contribution >= 4 is 29.6 Å². The Morgan fingerprint density at radius 3 is 2.29 bits per heavy atom. The van der Waals surface area contributed by atoms with E-state index in [1.165, 1.54) is 0 Å². The summed E-state index contributed by atoms with van der Waals surface area (Å²) in [6.07, 6.45) is -0.542. The van der Waals surface area contributed by atoms with Crippen molar-refractivity contribution < 1.29 is 24.6 Å². The van der Waals surface area contributed by atoms with E-state index >= 15 is 0 Å². The van der Waals surface area contributed by atoms with Gasteiger partial charge in [-0.05, 0) is 6.42 Å². The van der Waals surface area contributed by atoms with Crippen molar-refractivity contribution in [2.45, 2.75) is 18.9 Å². The second-order valence-corrected chi connectivity index (χ2v) is 3.70. The molecule has 0 aromatic rings. The van der Waals surface area contributed by atoms with Gasteiger partial charge in [-0.1, -0.05) is 18.2 Å². The minimum absolute atomic E-state index is 0.00133. The number of hydrogen-bond donors (Lipinski definition) is 4. The third-order valence-corrected chi connectivity index (χ3v) is 1.82. The van der Waals surface area contributed by atoms with Crippen molar-refractivity contribution in [1.82, 2.24) is 10.6 Å². The highest BCUT2D eigenvalue weighted by Gasteiger charge is 2.20. The lowest BCUT2D eigenvalue weighted by atomic mass is 10.1. The summed E-state index contributed by atoms with van der Waals surface area (Å²) in [6, 6.07) is -2.00. The van der Waals surface area contributed by atoms with Gasteiger partial charge in [0.25, 0.3) is 0 Å². The summed E-state index contributed by atoms with van der Waals surface area (Å²) in [5, 5.41) is 21.7. The smallest absolute Gasteiger partial charge is 0.326 e. The van der Waals surface area contributed by atoms with Gasteiger partial charge in [0.2, 0.25) is 0 Å². The van der Waals surface area contributed by atoms with Crippen LogP contribution in [0.1, 0.15) is 12.8 Å². The van der Waals surface area contributed by atoms with Gasteiger partial charge in [0.1, 0.15) is 6.04 Å². The molecule has 96 valence electrons. The second kappa shape index (κ2) is 7.50. The number of amides is 2. The lowest BCUT2D eigenvalue weighted by Gasteiger charge is -2.13. The molecule has 8 heteroatoms. The largest absolute Gasteiger partial charge is 0.481 e. The number of carboxylic acids is 2. The van der Waals surface area contributed by atoms with Crippen LogP contribution in [0.2, 0.25) is 0 Å². The highest BCUT2D eigenvalue weighted by atomic mass is 35.5. The highest BCUT2D eigenvalue weighted by Crippen LogP contribution is 1.98. The number of nitrogens with one attached hydrogen (secondary N) is 2. The SMILES string of the molecule is C=C(Cl)CNC(=O)N[C@@H](CCC(=O)O)C(=O)O. The predicted molar refractivity (Wildman–Crippen MR) is 59.8 cm³/mol. The van der Waals surface area contributed by atoms with Crippen molar-refractivity contribution in [3.63, 3.8) is 0 Å². The maximum atomic E-state index is 11.2. The molecule has 7 nitrogen and oxygen atoms in total. The summed E-state index contributed by atoms with van der Waals surface area (Å²) in [7, 11) is 0. The van der Waals surface area contributed by atoms with E-state index in [1.807, 2.05) is 0 Å². The summed E-state index contributed by atoms with van der Waals surface area (Å²) >= 11 is 5.39. The molecule has 0 aliphatic carbocycles. The summed E-state index contributed by atoms with van der Waals surface area (Å²) < 4.78 is 0. The van der Waals surface area contributed by atoms with E-state index in [-0.39, 0.29) is 24.4 Å². The van der Waals surface area contributed by atoms with E-state index in [0.29, 0.717) is 0 Å². The van der Waals surface area contributed by atoms with Crippen LogP contribution in [-0.2, 0) is 9.59 Å². The third kappa shape index (κ3) is 8.09. The van der Waals surface area contributed by atoms with Gasteiger partial charge < -0.3 is 20.8 Å². The number of aliphatic carboxylic acids is 2. The Labute approximate surface area is 102 Å². The molecule has 4 N–H and O–H groups in total. The molecular weight excluding hydrogens is 252 g/mol. The molecule has 0 aromatic heterocycles. The van der Waals surface area contributed by atoms with Gasteiger partial charge in [0.15, 0.2) is 0 Å². The van der Waals surface area contributed by atoms with Crippen LogP contribution in [0.25, 0.3) is 0 Å². The van der Waals surface area contributed by atoms with E-state index in [9.17, 15) is 14.4 Å². The van der Waals surface area contributed by atoms with Crippen LogP contribution in [0, 0.1) is 0 Å². The Balaban J connectivity index is 4.15. The standard InChI is InChI=1S/C9H13ClN2O5/c1-5(10)4-11-9(17)12-6(8(15)16)2-3-7(13)14/h6H,1-4H2,(H,13,14)(H,15,16)(H2,11,12,17)/t6-/m0/s1. The van der Waals surface area contributed by atoms with E-state index in [2.05, 4.69) is 17.2 Å². The number of carbonyl (C=O) groups excluding carboxylic acids is 1. The van der Waals surface area contributed by atoms with Crippen LogP contribution in [-0.4, -0.2) is 40.8 Å². The quantitative estimate of drug-likeness (QED) is 0.530. The van der Waals surface area contributed by atoms with Crippen molar-refractivity contribution in [2.75, 3.05) is 6.54 Å². The first-order valence-electron chi connectivity index (χ1n) is 4.65. The Kier molecular flexibility index (Phi) is 6.73. The Bertz CT molecular complexity index is 331. The van der Waals surface area contributed by atoms with Gasteiger partial charge in [0.05, 0.1) is 6.54 Å². The molecule has 0 bridgehead atoms. The zero-order valence-electron chi connectivity index (χ0n) is 8.90. The molecule has 2 amide bonds. The fourth-order valence-corrected chi connectivity index (χ4v) is 0.977. The van der Waals surface area contributed by atoms with Gasteiger partial charge >= 0.3 is 18.0 Å². The Morgan fingerprint density at radius 2 is 1.88 bits per heavy atom. The van der Waals surface area contributed by atoms with Gasteiger partial charge in [-0.25, -0.2) is 9.59 Å². The van der Waals surface area contributed by atoms with Gasteiger partial charge in [-0.15, -0.1) is 0 Å². The average Bonchev–Trinajstić information content (AvgIpc) is 2.20. The summed E-state index contributed by atoms with van der Waals surface area (Å²) in [5.74, 6) is -2.43. The first-order chi connectivity index (χ1) is 7.82. The molecule has 0 heterocycles. The van der Waals surface area contributed by atoms with Crippen LogP contribution < -0.4 is 10.6 Å². The normalized spacial score (nSPS) is 11.4. The molecule has 0 aliphatic rings. The van der Waals surface area contributed by atoms with E-state index in [0.717, 1.165) is 0 Å². The van der Waals surface area contributed by atoms with Crippen LogP contribution in [0.5, 0.6) is 0 Å². The molecule has 0 saturated heterocycles. The maximum Gasteiger partial charge on any atom is 0.326 e. The first-order valence-corrected chi connectivity index (χ1v) is 5.03. The number of hydrogen-bond acceptors (Lipinski definition) is 3. The molecule has 0 unspecified atom stereocenters. The van der Waals surface area contributed by atoms with E-state index in [4.69, 9.17) is 21.8 Å². The number of rotatable bonds is 7. The van der Waals surface area contributed by atoms with Gasteiger partial charge in [0, 0.05) is 11.5 Å². The lowest BCUT2D eigenvalue weighted by Crippen LogP contribution is -2.46. The molecule has 0 aliphatic heterocycles. The summed E-state index contributed by atoms with van der Waals surface area (Å²) in [4.78, 5) is 32.2. The first kappa shape index (κ1) is 15.2. The van der Waals surface area contributed by atoms with Crippen molar-refractivity contribution in [1.29, 1.82) is 0 Å². The fraction of sp³-hybridized carbons (Fsp3) is 0.444. The molecule has 1 atom stereocenters. The topological polar surface area (TPSA) is 116 Å². The molecule has 17 heavy (non-hydrogen) atoms. The second-order valence-electron chi connectivity index (χ2n) is 3.17. The van der Waals surface area contributed by atoms with E-state index < -0.39 is 24.0 Å². The van der Waals surface area contributed by atoms with Gasteiger partial charge in [-0.2, -0.15) is 0 Å². The minimum Gasteiger partial charge on any atom is -0.481 e. The Morgan fingerprint density at radius 1 is 1.29 bits per heavy atom. The minimum atomic E-state index is -1.30. The number of carboxylic acid groups (broad SMARTS) is 2. The average molecular weight is 265 g/mol. The maximum absolute atomic E-state index is 11.2. The van der Waals surface area contributed by atoms with Crippen LogP contribution >= 0.6 is 11.6 Å². The highest BCUT2D eigenvalue weighted by molar-refractivity contribution is 6.29. The zero-order chi connectivity index (χ0) is 13.4. The summed E-state index contributed by atoms with van der Waals surface area (Å²) in [6.45, 7) is 3.33.